The molecule has 2 rings (SSSR count). The van der Waals surface area contributed by atoms with Crippen LogP contribution in [0.2, 0.25) is 5.02 Å². The molecule has 0 atom stereocenters. The van der Waals surface area contributed by atoms with Crippen molar-refractivity contribution in [3.05, 3.63) is 70.2 Å². The summed E-state index contributed by atoms with van der Waals surface area (Å²) in [5.74, 6) is -0.153. The molecule has 0 aliphatic carbocycles. The van der Waals surface area contributed by atoms with Gasteiger partial charge in [-0.05, 0) is 29.3 Å². The monoisotopic (exact) mass is 318 g/mol. The van der Waals surface area contributed by atoms with E-state index in [1.165, 1.54) is 0 Å². The molecule has 0 fully saturated rings. The number of rotatable bonds is 5. The summed E-state index contributed by atoms with van der Waals surface area (Å²) in [6.45, 7) is 0.387. The number of halogens is 1. The van der Waals surface area contributed by atoms with Crippen LogP contribution in [0.4, 0.5) is 0 Å². The molecule has 3 N–H and O–H groups in total. The number of hydrogen-bond acceptors (Lipinski definition) is 2. The number of nitrogens with one attached hydrogen (secondary N) is 1. The van der Waals surface area contributed by atoms with E-state index in [2.05, 4.69) is 5.32 Å². The Morgan fingerprint density at radius 3 is 2.67 bits per heavy atom. The Morgan fingerprint density at radius 2 is 1.95 bits per heavy atom. The molecule has 2 aromatic carbocycles. The maximum atomic E-state index is 12.1. The van der Waals surface area contributed by atoms with E-state index in [1.807, 2.05) is 30.3 Å². The second-order valence-electron chi connectivity index (χ2n) is 4.62. The Balaban J connectivity index is 2.03. The van der Waals surface area contributed by atoms with Crippen molar-refractivity contribution in [2.24, 2.45) is 5.73 Å². The molecule has 2 aromatic rings. The Kier molecular flexibility index (Phi) is 5.31. The average Bonchev–Trinajstić information content (AvgIpc) is 2.45. The van der Waals surface area contributed by atoms with Crippen LogP contribution in [0.15, 0.2) is 48.5 Å². The second kappa shape index (κ2) is 7.20. The van der Waals surface area contributed by atoms with E-state index in [9.17, 15) is 4.79 Å². The summed E-state index contributed by atoms with van der Waals surface area (Å²) in [6.07, 6.45) is 0.487. The van der Waals surface area contributed by atoms with Gasteiger partial charge in [0.05, 0.1) is 4.99 Å². The summed E-state index contributed by atoms with van der Waals surface area (Å²) < 4.78 is 0. The van der Waals surface area contributed by atoms with Crippen molar-refractivity contribution >= 4 is 34.7 Å². The predicted molar refractivity (Wildman–Crippen MR) is 89.6 cm³/mol. The molecule has 0 saturated carbocycles. The van der Waals surface area contributed by atoms with Crippen LogP contribution in [-0.4, -0.2) is 10.9 Å². The van der Waals surface area contributed by atoms with E-state index < -0.39 is 0 Å². The SMILES string of the molecule is NC(=S)Cc1cccc(C(=O)NCc2ccccc2Cl)c1. The molecule has 0 saturated heterocycles. The van der Waals surface area contributed by atoms with Crippen molar-refractivity contribution in [3.8, 4) is 0 Å². The lowest BCUT2D eigenvalue weighted by molar-refractivity contribution is 0.0951. The van der Waals surface area contributed by atoms with Gasteiger partial charge in [-0.25, -0.2) is 0 Å². The van der Waals surface area contributed by atoms with E-state index >= 15 is 0 Å². The first-order valence-electron chi connectivity index (χ1n) is 6.45. The smallest absolute Gasteiger partial charge is 0.251 e. The molecule has 0 bridgehead atoms. The lowest BCUT2D eigenvalue weighted by Gasteiger charge is -2.08. The fourth-order valence-electron chi connectivity index (χ4n) is 1.94. The topological polar surface area (TPSA) is 55.1 Å². The fourth-order valence-corrected chi connectivity index (χ4v) is 2.31. The molecule has 0 aliphatic heterocycles. The zero-order valence-electron chi connectivity index (χ0n) is 11.3. The van der Waals surface area contributed by atoms with Crippen LogP contribution in [0, 0.1) is 0 Å². The van der Waals surface area contributed by atoms with Gasteiger partial charge in [-0.2, -0.15) is 0 Å². The van der Waals surface area contributed by atoms with Crippen LogP contribution in [-0.2, 0) is 13.0 Å². The van der Waals surface area contributed by atoms with Crippen LogP contribution < -0.4 is 11.1 Å². The number of carbonyl (C=O) groups is 1. The molecule has 0 spiro atoms. The van der Waals surface area contributed by atoms with Crippen LogP contribution >= 0.6 is 23.8 Å². The zero-order chi connectivity index (χ0) is 15.2. The first-order valence-corrected chi connectivity index (χ1v) is 7.24. The highest BCUT2D eigenvalue weighted by molar-refractivity contribution is 7.80. The molecule has 0 aliphatic rings. The summed E-state index contributed by atoms with van der Waals surface area (Å²) in [4.78, 5) is 12.6. The molecule has 0 radical (unpaired) electrons. The zero-order valence-corrected chi connectivity index (χ0v) is 12.9. The standard InChI is InChI=1S/C16H15ClN2OS/c17-14-7-2-1-5-13(14)10-19-16(20)12-6-3-4-11(8-12)9-15(18)21/h1-8H,9-10H2,(H2,18,21)(H,19,20). The molecule has 5 heteroatoms. The number of carbonyl (C=O) groups excluding carboxylic acids is 1. The maximum absolute atomic E-state index is 12.1. The molecular weight excluding hydrogens is 304 g/mol. The van der Waals surface area contributed by atoms with E-state index in [1.54, 1.807) is 18.2 Å². The molecule has 1 amide bonds. The fraction of sp³-hybridized carbons (Fsp3) is 0.125. The van der Waals surface area contributed by atoms with E-state index in [0.29, 0.717) is 28.5 Å². The van der Waals surface area contributed by atoms with Gasteiger partial charge in [0.25, 0.3) is 5.91 Å². The van der Waals surface area contributed by atoms with E-state index in [0.717, 1.165) is 11.1 Å². The summed E-state index contributed by atoms with van der Waals surface area (Å²) in [5.41, 5.74) is 7.90. The van der Waals surface area contributed by atoms with Gasteiger partial charge in [-0.3, -0.25) is 4.79 Å². The highest BCUT2D eigenvalue weighted by atomic mass is 35.5. The van der Waals surface area contributed by atoms with Gasteiger partial charge in [0.15, 0.2) is 0 Å². The summed E-state index contributed by atoms with van der Waals surface area (Å²) in [7, 11) is 0. The van der Waals surface area contributed by atoms with Gasteiger partial charge < -0.3 is 11.1 Å². The third-order valence-corrected chi connectivity index (χ3v) is 3.48. The first-order chi connectivity index (χ1) is 10.1. The van der Waals surface area contributed by atoms with Crippen molar-refractivity contribution in [1.82, 2.24) is 5.32 Å². The van der Waals surface area contributed by atoms with Gasteiger partial charge in [0.1, 0.15) is 0 Å². The van der Waals surface area contributed by atoms with Crippen LogP contribution in [0.3, 0.4) is 0 Å². The summed E-state index contributed by atoms with van der Waals surface area (Å²) in [5, 5.41) is 3.49. The molecular formula is C16H15ClN2OS. The van der Waals surface area contributed by atoms with Crippen molar-refractivity contribution < 1.29 is 4.79 Å². The minimum absolute atomic E-state index is 0.153. The number of thiocarbonyl (C=S) groups is 1. The number of amides is 1. The number of hydrogen-bond donors (Lipinski definition) is 2. The van der Waals surface area contributed by atoms with Crippen LogP contribution in [0.1, 0.15) is 21.5 Å². The van der Waals surface area contributed by atoms with Crippen LogP contribution in [0.5, 0.6) is 0 Å². The van der Waals surface area contributed by atoms with Gasteiger partial charge in [0, 0.05) is 23.6 Å². The van der Waals surface area contributed by atoms with E-state index in [-0.39, 0.29) is 5.91 Å². The second-order valence-corrected chi connectivity index (χ2v) is 5.55. The van der Waals surface area contributed by atoms with Crippen LogP contribution in [0.25, 0.3) is 0 Å². The lowest BCUT2D eigenvalue weighted by atomic mass is 10.1. The highest BCUT2D eigenvalue weighted by Crippen LogP contribution is 2.14. The minimum atomic E-state index is -0.153. The summed E-state index contributed by atoms with van der Waals surface area (Å²) >= 11 is 10.9. The normalized spacial score (nSPS) is 10.1. The predicted octanol–water partition coefficient (Wildman–Crippen LogP) is 3.10. The molecule has 0 heterocycles. The number of benzene rings is 2. The van der Waals surface area contributed by atoms with Gasteiger partial charge in [0.2, 0.25) is 0 Å². The largest absolute Gasteiger partial charge is 0.393 e. The Bertz CT molecular complexity index is 673. The van der Waals surface area contributed by atoms with Crippen molar-refractivity contribution in [3.63, 3.8) is 0 Å². The Morgan fingerprint density at radius 1 is 1.19 bits per heavy atom. The molecule has 3 nitrogen and oxygen atoms in total. The van der Waals surface area contributed by atoms with Gasteiger partial charge in [-0.15, -0.1) is 0 Å². The molecule has 108 valence electrons. The van der Waals surface area contributed by atoms with E-state index in [4.69, 9.17) is 29.6 Å². The van der Waals surface area contributed by atoms with Crippen molar-refractivity contribution in [2.75, 3.05) is 0 Å². The van der Waals surface area contributed by atoms with Crippen molar-refractivity contribution in [1.29, 1.82) is 0 Å². The first kappa shape index (κ1) is 15.5. The van der Waals surface area contributed by atoms with Gasteiger partial charge >= 0.3 is 0 Å². The third kappa shape index (κ3) is 4.55. The van der Waals surface area contributed by atoms with Gasteiger partial charge in [-0.1, -0.05) is 54.2 Å². The number of nitrogens with two attached hydrogens (primary N) is 1. The highest BCUT2D eigenvalue weighted by Gasteiger charge is 2.07. The van der Waals surface area contributed by atoms with Crippen molar-refractivity contribution in [2.45, 2.75) is 13.0 Å². The summed E-state index contributed by atoms with van der Waals surface area (Å²) in [6, 6.07) is 14.7. The molecule has 0 aromatic heterocycles. The Hall–Kier alpha value is -1.91. The minimum Gasteiger partial charge on any atom is -0.393 e. The average molecular weight is 319 g/mol. The Labute approximate surface area is 134 Å². The maximum Gasteiger partial charge on any atom is 0.251 e. The lowest BCUT2D eigenvalue weighted by Crippen LogP contribution is -2.23. The third-order valence-electron chi connectivity index (χ3n) is 2.96. The molecule has 0 unspecified atom stereocenters. The quantitative estimate of drug-likeness (QED) is 0.833. The molecule has 21 heavy (non-hydrogen) atoms.